The largest absolute Gasteiger partial charge is 0.497 e. The van der Waals surface area contributed by atoms with E-state index in [1.54, 1.807) is 38.3 Å². The molecule has 7 nitrogen and oxygen atoms in total. The predicted octanol–water partition coefficient (Wildman–Crippen LogP) is 3.62. The van der Waals surface area contributed by atoms with Crippen LogP contribution in [-0.4, -0.2) is 27.2 Å². The summed E-state index contributed by atoms with van der Waals surface area (Å²) in [5, 5.41) is 3.45. The van der Waals surface area contributed by atoms with Crippen molar-refractivity contribution >= 4 is 22.6 Å². The molecule has 29 heavy (non-hydrogen) atoms. The van der Waals surface area contributed by atoms with Gasteiger partial charge < -0.3 is 23.9 Å². The van der Waals surface area contributed by atoms with Crippen LogP contribution >= 0.6 is 0 Å². The number of nitrogens with one attached hydrogen (secondary N) is 1. The maximum atomic E-state index is 12.7. The van der Waals surface area contributed by atoms with Crippen LogP contribution in [0.3, 0.4) is 0 Å². The van der Waals surface area contributed by atoms with Gasteiger partial charge in [0.25, 0.3) is 0 Å². The van der Waals surface area contributed by atoms with Gasteiger partial charge in [0.15, 0.2) is 0 Å². The number of ether oxygens (including phenoxy) is 3. The lowest BCUT2D eigenvalue weighted by Crippen LogP contribution is -2.21. The highest BCUT2D eigenvalue weighted by Crippen LogP contribution is 2.32. The standard InChI is InChI=1S/C22H23NO6/c1-12-8-18(28-5)21-13(2)15(22(25)29-19(21)9-12)11-20(24)23-16-10-14(26-3)6-7-17(16)27-4/h6-10H,11H2,1-5H3,(H,23,24). The van der Waals surface area contributed by atoms with Gasteiger partial charge in [0.1, 0.15) is 22.8 Å². The Hall–Kier alpha value is -3.48. The van der Waals surface area contributed by atoms with Crippen molar-refractivity contribution in [3.8, 4) is 17.2 Å². The van der Waals surface area contributed by atoms with E-state index >= 15 is 0 Å². The maximum absolute atomic E-state index is 12.7. The van der Waals surface area contributed by atoms with Crippen LogP contribution in [0.2, 0.25) is 0 Å². The molecule has 1 heterocycles. The lowest BCUT2D eigenvalue weighted by Gasteiger charge is -2.13. The molecule has 0 aliphatic carbocycles. The summed E-state index contributed by atoms with van der Waals surface area (Å²) in [6, 6.07) is 8.71. The number of hydrogen-bond acceptors (Lipinski definition) is 6. The Bertz CT molecular complexity index is 1130. The molecule has 0 radical (unpaired) electrons. The minimum absolute atomic E-state index is 0.151. The van der Waals surface area contributed by atoms with Crippen molar-refractivity contribution in [1.29, 1.82) is 0 Å². The van der Waals surface area contributed by atoms with Crippen LogP contribution < -0.4 is 25.2 Å². The fraction of sp³-hybridized carbons (Fsp3) is 0.273. The highest BCUT2D eigenvalue weighted by molar-refractivity contribution is 5.95. The van der Waals surface area contributed by atoms with Gasteiger partial charge >= 0.3 is 5.63 Å². The summed E-state index contributed by atoms with van der Waals surface area (Å²) in [4.78, 5) is 25.2. The normalized spacial score (nSPS) is 10.7. The number of aryl methyl sites for hydroxylation is 2. The van der Waals surface area contributed by atoms with Gasteiger partial charge in [0, 0.05) is 6.07 Å². The maximum Gasteiger partial charge on any atom is 0.340 e. The number of carbonyl (C=O) groups excluding carboxylic acids is 1. The number of rotatable bonds is 6. The van der Waals surface area contributed by atoms with Crippen LogP contribution in [0.1, 0.15) is 16.7 Å². The van der Waals surface area contributed by atoms with Crippen LogP contribution in [0.4, 0.5) is 5.69 Å². The molecule has 0 atom stereocenters. The van der Waals surface area contributed by atoms with Crippen LogP contribution in [0.25, 0.3) is 11.0 Å². The van der Waals surface area contributed by atoms with E-state index in [4.69, 9.17) is 18.6 Å². The van der Waals surface area contributed by atoms with Crippen molar-refractivity contribution in [2.75, 3.05) is 26.6 Å². The van der Waals surface area contributed by atoms with Gasteiger partial charge in [0.05, 0.1) is 44.4 Å². The fourth-order valence-corrected chi connectivity index (χ4v) is 3.27. The third-order valence-corrected chi connectivity index (χ3v) is 4.73. The van der Waals surface area contributed by atoms with E-state index < -0.39 is 5.63 Å². The van der Waals surface area contributed by atoms with Gasteiger partial charge in [-0.15, -0.1) is 0 Å². The van der Waals surface area contributed by atoms with Crippen LogP contribution in [-0.2, 0) is 11.2 Å². The molecule has 7 heteroatoms. The molecule has 0 saturated heterocycles. The first kappa shape index (κ1) is 20.3. The fourth-order valence-electron chi connectivity index (χ4n) is 3.27. The Morgan fingerprint density at radius 3 is 2.38 bits per heavy atom. The molecule has 0 spiro atoms. The smallest absolute Gasteiger partial charge is 0.340 e. The Morgan fingerprint density at radius 1 is 1.00 bits per heavy atom. The summed E-state index contributed by atoms with van der Waals surface area (Å²) in [5.74, 6) is 1.27. The van der Waals surface area contributed by atoms with Gasteiger partial charge in [-0.2, -0.15) is 0 Å². The number of hydrogen-bond donors (Lipinski definition) is 1. The molecule has 0 bridgehead atoms. The molecule has 0 unspecified atom stereocenters. The summed E-state index contributed by atoms with van der Waals surface area (Å²) in [5.41, 5.74) is 2.18. The Morgan fingerprint density at radius 2 is 1.72 bits per heavy atom. The minimum Gasteiger partial charge on any atom is -0.497 e. The third kappa shape index (κ3) is 4.03. The average molecular weight is 397 g/mol. The van der Waals surface area contributed by atoms with Crippen LogP contribution in [0.5, 0.6) is 17.2 Å². The van der Waals surface area contributed by atoms with Gasteiger partial charge in [-0.1, -0.05) is 0 Å². The zero-order chi connectivity index (χ0) is 21.1. The molecule has 2 aromatic carbocycles. The molecule has 0 aliphatic rings. The van der Waals surface area contributed by atoms with Crippen LogP contribution in [0.15, 0.2) is 39.5 Å². The molecule has 0 fully saturated rings. The molecule has 3 aromatic rings. The van der Waals surface area contributed by atoms with E-state index in [9.17, 15) is 9.59 Å². The van der Waals surface area contributed by atoms with E-state index in [1.807, 2.05) is 13.0 Å². The summed E-state index contributed by atoms with van der Waals surface area (Å²) < 4.78 is 21.4. The summed E-state index contributed by atoms with van der Waals surface area (Å²) >= 11 is 0. The van der Waals surface area contributed by atoms with E-state index in [1.165, 1.54) is 14.2 Å². The summed E-state index contributed by atoms with van der Waals surface area (Å²) in [7, 11) is 4.60. The Labute approximate surface area is 168 Å². The van der Waals surface area contributed by atoms with E-state index in [0.717, 1.165) is 5.56 Å². The molecule has 1 aromatic heterocycles. The quantitative estimate of drug-likeness (QED) is 0.640. The Kier molecular flexibility index (Phi) is 5.77. The molecule has 0 aliphatic heterocycles. The zero-order valence-electron chi connectivity index (χ0n) is 17.0. The first-order chi connectivity index (χ1) is 13.9. The van der Waals surface area contributed by atoms with Crippen molar-refractivity contribution in [3.63, 3.8) is 0 Å². The highest BCUT2D eigenvalue weighted by atomic mass is 16.5. The first-order valence-corrected chi connectivity index (χ1v) is 9.00. The third-order valence-electron chi connectivity index (χ3n) is 4.73. The van der Waals surface area contributed by atoms with Gasteiger partial charge in [-0.05, 0) is 49.2 Å². The molecule has 1 amide bonds. The zero-order valence-corrected chi connectivity index (χ0v) is 17.0. The SMILES string of the molecule is COc1ccc(OC)c(NC(=O)Cc2c(C)c3c(OC)cc(C)cc3oc2=O)c1. The number of anilines is 1. The lowest BCUT2D eigenvalue weighted by atomic mass is 10.0. The van der Waals surface area contributed by atoms with Crippen molar-refractivity contribution in [1.82, 2.24) is 0 Å². The molecule has 152 valence electrons. The number of carbonyl (C=O) groups is 1. The van der Waals surface area contributed by atoms with E-state index in [0.29, 0.717) is 39.5 Å². The lowest BCUT2D eigenvalue weighted by molar-refractivity contribution is -0.115. The van der Waals surface area contributed by atoms with Crippen molar-refractivity contribution < 1.29 is 23.4 Å². The molecular weight excluding hydrogens is 374 g/mol. The summed E-state index contributed by atoms with van der Waals surface area (Å²) in [6.07, 6.45) is -0.151. The number of methoxy groups -OCH3 is 3. The average Bonchev–Trinajstić information content (AvgIpc) is 2.70. The summed E-state index contributed by atoms with van der Waals surface area (Å²) in [6.45, 7) is 3.67. The minimum atomic E-state index is -0.546. The topological polar surface area (TPSA) is 87.0 Å². The van der Waals surface area contributed by atoms with Crippen molar-refractivity contribution in [3.05, 3.63) is 57.4 Å². The monoisotopic (exact) mass is 397 g/mol. The highest BCUT2D eigenvalue weighted by Gasteiger charge is 2.19. The number of amides is 1. The van der Waals surface area contributed by atoms with Crippen molar-refractivity contribution in [2.45, 2.75) is 20.3 Å². The number of fused-ring (bicyclic) bond motifs is 1. The van der Waals surface area contributed by atoms with E-state index in [-0.39, 0.29) is 17.9 Å². The van der Waals surface area contributed by atoms with Crippen molar-refractivity contribution in [2.24, 2.45) is 0 Å². The van der Waals surface area contributed by atoms with Gasteiger partial charge in [-0.3, -0.25) is 4.79 Å². The molecular formula is C22H23NO6. The Balaban J connectivity index is 1.97. The second-order valence-corrected chi connectivity index (χ2v) is 6.62. The molecule has 1 N–H and O–H groups in total. The van der Waals surface area contributed by atoms with Gasteiger partial charge in [-0.25, -0.2) is 4.79 Å². The van der Waals surface area contributed by atoms with Crippen LogP contribution in [0, 0.1) is 13.8 Å². The second-order valence-electron chi connectivity index (χ2n) is 6.62. The second kappa shape index (κ2) is 8.26. The molecule has 0 saturated carbocycles. The molecule has 3 rings (SSSR count). The van der Waals surface area contributed by atoms with Gasteiger partial charge in [0.2, 0.25) is 5.91 Å². The first-order valence-electron chi connectivity index (χ1n) is 9.00. The number of benzene rings is 2. The van der Waals surface area contributed by atoms with E-state index in [2.05, 4.69) is 5.32 Å². The predicted molar refractivity (Wildman–Crippen MR) is 110 cm³/mol.